The highest BCUT2D eigenvalue weighted by atomic mass is 32.2. The first-order chi connectivity index (χ1) is 18.4. The summed E-state index contributed by atoms with van der Waals surface area (Å²) in [5, 5.41) is 23.2. The van der Waals surface area contributed by atoms with Gasteiger partial charge in [0.25, 0.3) is 11.4 Å². The molecular weight excluding hydrogens is 508 g/mol. The Bertz CT molecular complexity index is 1500. The van der Waals surface area contributed by atoms with Crippen LogP contribution in [0.1, 0.15) is 5.56 Å². The molecule has 0 N–H and O–H groups in total. The van der Waals surface area contributed by atoms with Gasteiger partial charge in [-0.05, 0) is 30.3 Å². The molecule has 4 aromatic carbocycles. The fraction of sp³-hybridized carbons (Fsp3) is 0.0741. The van der Waals surface area contributed by atoms with E-state index in [1.165, 1.54) is 19.2 Å². The number of nitro groups is 2. The maximum Gasteiger partial charge on any atom is 0.291 e. The molecule has 11 heteroatoms. The number of benzene rings is 4. The molecule has 0 fully saturated rings. The number of amidine groups is 1. The van der Waals surface area contributed by atoms with Crippen LogP contribution in [0.5, 0.6) is 11.5 Å². The Morgan fingerprint density at radius 2 is 1.42 bits per heavy atom. The van der Waals surface area contributed by atoms with Crippen LogP contribution in [0.3, 0.4) is 0 Å². The van der Waals surface area contributed by atoms with E-state index in [1.54, 1.807) is 47.8 Å². The fourth-order valence-corrected chi connectivity index (χ4v) is 4.63. The zero-order chi connectivity index (χ0) is 27.1. The van der Waals surface area contributed by atoms with Crippen molar-refractivity contribution in [2.24, 2.45) is 4.99 Å². The van der Waals surface area contributed by atoms with E-state index in [1.807, 2.05) is 42.5 Å². The minimum Gasteiger partial charge on any atom is -0.495 e. The van der Waals surface area contributed by atoms with Gasteiger partial charge in [0.1, 0.15) is 22.1 Å². The molecular formula is C27H22N4O6S. The van der Waals surface area contributed by atoms with Gasteiger partial charge in [-0.25, -0.2) is 4.99 Å². The van der Waals surface area contributed by atoms with Crippen molar-refractivity contribution in [2.75, 3.05) is 18.5 Å². The van der Waals surface area contributed by atoms with E-state index in [2.05, 4.69) is 0 Å². The molecule has 192 valence electrons. The van der Waals surface area contributed by atoms with Crippen LogP contribution in [0.25, 0.3) is 0 Å². The SMILES string of the molecule is COc1ccccc1N=C(c1ccccc1)N(Sc1ccc([N+](=O)[O-])cc1[N+](=O)[O-])c1ccccc1OC. The minimum atomic E-state index is -0.669. The van der Waals surface area contributed by atoms with Crippen molar-refractivity contribution in [3.8, 4) is 11.5 Å². The predicted octanol–water partition coefficient (Wildman–Crippen LogP) is 6.81. The lowest BCUT2D eigenvalue weighted by molar-refractivity contribution is -0.396. The number of ether oxygens (including phenoxy) is 2. The lowest BCUT2D eigenvalue weighted by atomic mass is 10.2. The van der Waals surface area contributed by atoms with Crippen LogP contribution in [0.2, 0.25) is 0 Å². The molecule has 0 aliphatic carbocycles. The smallest absolute Gasteiger partial charge is 0.291 e. The Balaban J connectivity index is 1.98. The number of nitrogens with zero attached hydrogens (tertiary/aromatic N) is 4. The number of rotatable bonds is 9. The molecule has 0 heterocycles. The standard InChI is InChI=1S/C27H22N4O6S/c1-36-24-14-8-6-12-21(24)28-27(19-10-4-3-5-11-19)29(22-13-7-9-15-25(22)37-2)38-26-17-16-20(30(32)33)18-23(26)31(34)35/h3-18H,1-2H3. The van der Waals surface area contributed by atoms with E-state index in [0.717, 1.165) is 18.0 Å². The number of non-ortho nitro benzene ring substituents is 1. The molecule has 0 atom stereocenters. The zero-order valence-electron chi connectivity index (χ0n) is 20.4. The van der Waals surface area contributed by atoms with Gasteiger partial charge in [0.05, 0.1) is 35.8 Å². The van der Waals surface area contributed by atoms with Gasteiger partial charge in [-0.1, -0.05) is 54.6 Å². The monoisotopic (exact) mass is 530 g/mol. The highest BCUT2D eigenvalue weighted by Crippen LogP contribution is 2.42. The second kappa shape index (κ2) is 11.9. The number of para-hydroxylation sites is 4. The van der Waals surface area contributed by atoms with E-state index in [9.17, 15) is 20.2 Å². The summed E-state index contributed by atoms with van der Waals surface area (Å²) in [6.45, 7) is 0. The molecule has 0 saturated carbocycles. The van der Waals surface area contributed by atoms with Crippen LogP contribution in [0.4, 0.5) is 22.7 Å². The van der Waals surface area contributed by atoms with Crippen molar-refractivity contribution in [1.82, 2.24) is 0 Å². The van der Waals surface area contributed by atoms with Crippen LogP contribution < -0.4 is 13.8 Å². The molecule has 0 aliphatic rings. The molecule has 0 amide bonds. The third-order valence-corrected chi connectivity index (χ3v) is 6.47. The summed E-state index contributed by atoms with van der Waals surface area (Å²) in [4.78, 5) is 27.0. The Hall–Kier alpha value is -4.90. The molecule has 4 rings (SSSR count). The van der Waals surface area contributed by atoms with Gasteiger partial charge in [-0.15, -0.1) is 0 Å². The van der Waals surface area contributed by atoms with Gasteiger partial charge in [-0.3, -0.25) is 24.5 Å². The number of nitro benzene ring substituents is 2. The van der Waals surface area contributed by atoms with E-state index in [0.29, 0.717) is 34.3 Å². The van der Waals surface area contributed by atoms with Crippen molar-refractivity contribution >= 4 is 40.5 Å². The molecule has 0 radical (unpaired) electrons. The number of anilines is 1. The number of methoxy groups -OCH3 is 2. The highest BCUT2D eigenvalue weighted by Gasteiger charge is 2.27. The molecule has 0 saturated heterocycles. The van der Waals surface area contributed by atoms with Crippen LogP contribution in [-0.4, -0.2) is 29.9 Å². The van der Waals surface area contributed by atoms with Crippen molar-refractivity contribution in [3.63, 3.8) is 0 Å². The van der Waals surface area contributed by atoms with Crippen molar-refractivity contribution in [3.05, 3.63) is 123 Å². The quantitative estimate of drug-likeness (QED) is 0.0760. The summed E-state index contributed by atoms with van der Waals surface area (Å²) < 4.78 is 12.8. The van der Waals surface area contributed by atoms with Crippen molar-refractivity contribution in [2.45, 2.75) is 4.90 Å². The van der Waals surface area contributed by atoms with Gasteiger partial charge in [0.2, 0.25) is 0 Å². The van der Waals surface area contributed by atoms with Crippen LogP contribution in [0.15, 0.2) is 107 Å². The Labute approximate surface area is 222 Å². The number of aliphatic imine (C=N–C) groups is 1. The molecule has 0 aromatic heterocycles. The lowest BCUT2D eigenvalue weighted by Crippen LogP contribution is -2.25. The summed E-state index contributed by atoms with van der Waals surface area (Å²) in [6, 6.07) is 27.2. The Morgan fingerprint density at radius 1 is 0.789 bits per heavy atom. The molecule has 0 bridgehead atoms. The minimum absolute atomic E-state index is 0.176. The third-order valence-electron chi connectivity index (χ3n) is 5.38. The zero-order valence-corrected chi connectivity index (χ0v) is 21.2. The van der Waals surface area contributed by atoms with Gasteiger partial charge >= 0.3 is 0 Å². The third kappa shape index (κ3) is 5.73. The number of hydrogen-bond donors (Lipinski definition) is 0. The molecule has 0 unspecified atom stereocenters. The van der Waals surface area contributed by atoms with Gasteiger partial charge in [0, 0.05) is 23.6 Å². The fourth-order valence-electron chi connectivity index (χ4n) is 3.59. The maximum atomic E-state index is 11.9. The normalized spacial score (nSPS) is 11.1. The lowest BCUT2D eigenvalue weighted by Gasteiger charge is -2.26. The molecule has 38 heavy (non-hydrogen) atoms. The number of hydrogen-bond acceptors (Lipinski definition) is 8. The van der Waals surface area contributed by atoms with Gasteiger partial charge < -0.3 is 9.47 Å². The van der Waals surface area contributed by atoms with Crippen LogP contribution >= 0.6 is 11.9 Å². The summed E-state index contributed by atoms with van der Waals surface area (Å²) in [7, 11) is 3.07. The predicted molar refractivity (Wildman–Crippen MR) is 147 cm³/mol. The molecule has 0 aliphatic heterocycles. The average Bonchev–Trinajstić information content (AvgIpc) is 2.95. The molecule has 0 spiro atoms. The largest absolute Gasteiger partial charge is 0.495 e. The van der Waals surface area contributed by atoms with E-state index < -0.39 is 15.5 Å². The van der Waals surface area contributed by atoms with E-state index in [4.69, 9.17) is 14.5 Å². The molecule has 10 nitrogen and oxygen atoms in total. The van der Waals surface area contributed by atoms with Gasteiger partial charge in [-0.2, -0.15) is 0 Å². The Kier molecular flexibility index (Phi) is 8.19. The summed E-state index contributed by atoms with van der Waals surface area (Å²) in [5.41, 5.74) is 1.02. The van der Waals surface area contributed by atoms with Crippen LogP contribution in [-0.2, 0) is 0 Å². The second-order valence-corrected chi connectivity index (χ2v) is 8.68. The van der Waals surface area contributed by atoms with Gasteiger partial charge in [0.15, 0.2) is 5.84 Å². The Morgan fingerprint density at radius 3 is 2.08 bits per heavy atom. The van der Waals surface area contributed by atoms with Crippen molar-refractivity contribution < 1.29 is 19.3 Å². The van der Waals surface area contributed by atoms with Crippen molar-refractivity contribution in [1.29, 1.82) is 0 Å². The first-order valence-corrected chi connectivity index (χ1v) is 12.0. The molecule has 4 aromatic rings. The second-order valence-electron chi connectivity index (χ2n) is 7.70. The summed E-state index contributed by atoms with van der Waals surface area (Å²) in [5.74, 6) is 1.46. The first-order valence-electron chi connectivity index (χ1n) is 11.2. The first kappa shape index (κ1) is 26.2. The topological polar surface area (TPSA) is 120 Å². The van der Waals surface area contributed by atoms with Crippen LogP contribution in [0, 0.1) is 20.2 Å². The highest BCUT2D eigenvalue weighted by molar-refractivity contribution is 8.01. The maximum absolute atomic E-state index is 11.9. The average molecular weight is 531 g/mol. The van der Waals surface area contributed by atoms with E-state index in [-0.39, 0.29) is 10.6 Å². The van der Waals surface area contributed by atoms with E-state index >= 15 is 0 Å². The summed E-state index contributed by atoms with van der Waals surface area (Å²) in [6.07, 6.45) is 0. The summed E-state index contributed by atoms with van der Waals surface area (Å²) >= 11 is 1.000.